The molecule has 0 aromatic heterocycles. The minimum absolute atomic E-state index is 0.251. The second kappa shape index (κ2) is 10.1. The summed E-state index contributed by atoms with van der Waals surface area (Å²) < 4.78 is 10.00. The van der Waals surface area contributed by atoms with Gasteiger partial charge in [-0.05, 0) is 24.6 Å². The van der Waals surface area contributed by atoms with Gasteiger partial charge in [-0.3, -0.25) is 4.79 Å². The van der Waals surface area contributed by atoms with Crippen molar-refractivity contribution < 1.29 is 28.7 Å². The summed E-state index contributed by atoms with van der Waals surface area (Å²) in [5, 5.41) is 2.44. The highest BCUT2D eigenvalue weighted by Gasteiger charge is 2.25. The Morgan fingerprint density at radius 3 is 2.18 bits per heavy atom. The molecule has 4 amide bonds. The van der Waals surface area contributed by atoms with E-state index in [0.29, 0.717) is 38.3 Å². The molecule has 3 N–H and O–H groups in total. The van der Waals surface area contributed by atoms with Gasteiger partial charge < -0.3 is 30.3 Å². The van der Waals surface area contributed by atoms with Crippen molar-refractivity contribution in [3.05, 3.63) is 35.4 Å². The number of hydrogen-bond donors (Lipinski definition) is 2. The Morgan fingerprint density at radius 2 is 1.61 bits per heavy atom. The van der Waals surface area contributed by atoms with Gasteiger partial charge in [-0.2, -0.15) is 0 Å². The molecule has 1 heterocycles. The number of esters is 1. The number of carbonyl (C=O) groups is 4. The first-order valence-corrected chi connectivity index (χ1v) is 8.89. The van der Waals surface area contributed by atoms with E-state index in [1.165, 1.54) is 4.90 Å². The van der Waals surface area contributed by atoms with Crippen LogP contribution in [0, 0.1) is 0 Å². The van der Waals surface area contributed by atoms with E-state index in [1.807, 2.05) is 0 Å². The number of nitrogens with zero attached hydrogens (tertiary/aromatic N) is 2. The van der Waals surface area contributed by atoms with Gasteiger partial charge in [0.05, 0.1) is 12.2 Å². The summed E-state index contributed by atoms with van der Waals surface area (Å²) in [5.41, 5.74) is 6.06. The lowest BCUT2D eigenvalue weighted by Crippen LogP contribution is -2.51. The lowest BCUT2D eigenvalue weighted by molar-refractivity contribution is -0.136. The third kappa shape index (κ3) is 6.15. The summed E-state index contributed by atoms with van der Waals surface area (Å²) in [5.74, 6) is -0.938. The molecular formula is C18H24N4O6. The maximum Gasteiger partial charge on any atom is 0.409 e. The topological polar surface area (TPSA) is 131 Å². The number of ether oxygens (including phenoxy) is 2. The van der Waals surface area contributed by atoms with Gasteiger partial charge >= 0.3 is 18.1 Å². The van der Waals surface area contributed by atoms with Crippen LogP contribution in [0.2, 0.25) is 0 Å². The van der Waals surface area contributed by atoms with E-state index < -0.39 is 18.1 Å². The smallest absolute Gasteiger partial charge is 0.409 e. The number of hydrogen-bond acceptors (Lipinski definition) is 6. The Morgan fingerprint density at radius 1 is 1.00 bits per heavy atom. The van der Waals surface area contributed by atoms with E-state index >= 15 is 0 Å². The SMILES string of the molecule is CCOC(=O)N1CCN(C(=O)COC(=O)c2ccc(CNC(N)=O)cc2)CC1. The molecule has 0 saturated carbocycles. The third-order valence-electron chi connectivity index (χ3n) is 4.14. The van der Waals surface area contributed by atoms with Crippen molar-refractivity contribution in [3.8, 4) is 0 Å². The van der Waals surface area contributed by atoms with Gasteiger partial charge in [-0.25, -0.2) is 14.4 Å². The standard InChI is InChI=1S/C18H24N4O6/c1-2-27-18(26)22-9-7-21(8-10-22)15(23)12-28-16(24)14-5-3-13(4-6-14)11-20-17(19)25/h3-6H,2,7-12H2,1H3,(H3,19,20,25). The van der Waals surface area contributed by atoms with Crippen LogP contribution in [0.4, 0.5) is 9.59 Å². The van der Waals surface area contributed by atoms with Crippen LogP contribution in [0.5, 0.6) is 0 Å². The van der Waals surface area contributed by atoms with Crippen molar-refractivity contribution in [2.24, 2.45) is 5.73 Å². The monoisotopic (exact) mass is 392 g/mol. The second-order valence-electron chi connectivity index (χ2n) is 6.06. The van der Waals surface area contributed by atoms with Gasteiger partial charge in [0.2, 0.25) is 0 Å². The van der Waals surface area contributed by atoms with Crippen LogP contribution < -0.4 is 11.1 Å². The van der Waals surface area contributed by atoms with Crippen LogP contribution in [-0.4, -0.2) is 73.2 Å². The molecule has 0 radical (unpaired) electrons. The Hall–Kier alpha value is -3.30. The van der Waals surface area contributed by atoms with E-state index in [0.717, 1.165) is 5.56 Å². The molecule has 1 saturated heterocycles. The fraction of sp³-hybridized carbons (Fsp3) is 0.444. The number of nitrogens with two attached hydrogens (primary N) is 1. The van der Waals surface area contributed by atoms with Crippen LogP contribution in [0.25, 0.3) is 0 Å². The zero-order valence-corrected chi connectivity index (χ0v) is 15.7. The highest BCUT2D eigenvalue weighted by atomic mass is 16.6. The summed E-state index contributed by atoms with van der Waals surface area (Å²) in [7, 11) is 0. The zero-order valence-electron chi connectivity index (χ0n) is 15.7. The predicted octanol–water partition coefficient (Wildman–Crippen LogP) is 0.312. The van der Waals surface area contributed by atoms with Crippen molar-refractivity contribution in [2.45, 2.75) is 13.5 Å². The average molecular weight is 392 g/mol. The Labute approximate surface area is 162 Å². The Bertz CT molecular complexity index is 713. The molecule has 1 aliphatic rings. The van der Waals surface area contributed by atoms with E-state index in [2.05, 4.69) is 5.32 Å². The largest absolute Gasteiger partial charge is 0.452 e. The van der Waals surface area contributed by atoms with E-state index in [9.17, 15) is 19.2 Å². The van der Waals surface area contributed by atoms with Crippen LogP contribution in [0.3, 0.4) is 0 Å². The van der Waals surface area contributed by atoms with Gasteiger partial charge in [-0.15, -0.1) is 0 Å². The van der Waals surface area contributed by atoms with Crippen molar-refractivity contribution in [2.75, 3.05) is 39.4 Å². The molecule has 1 aromatic carbocycles. The highest BCUT2D eigenvalue weighted by Crippen LogP contribution is 2.08. The number of urea groups is 1. The Balaban J connectivity index is 1.76. The van der Waals surface area contributed by atoms with Crippen molar-refractivity contribution in [1.82, 2.24) is 15.1 Å². The van der Waals surface area contributed by atoms with E-state index in [1.54, 1.807) is 36.1 Å². The van der Waals surface area contributed by atoms with E-state index in [4.69, 9.17) is 15.2 Å². The summed E-state index contributed by atoms with van der Waals surface area (Å²) in [6, 6.07) is 5.77. The number of piperazine rings is 1. The number of primary amides is 1. The van der Waals surface area contributed by atoms with Crippen LogP contribution >= 0.6 is 0 Å². The minimum Gasteiger partial charge on any atom is -0.452 e. The molecule has 10 heteroatoms. The maximum absolute atomic E-state index is 12.2. The van der Waals surface area contributed by atoms with Gasteiger partial charge in [0.25, 0.3) is 5.91 Å². The normalized spacial score (nSPS) is 13.6. The molecule has 0 atom stereocenters. The summed E-state index contributed by atoms with van der Waals surface area (Å²) in [6.07, 6.45) is -0.393. The van der Waals surface area contributed by atoms with Crippen LogP contribution in [-0.2, 0) is 20.8 Å². The molecule has 1 fully saturated rings. The van der Waals surface area contributed by atoms with Gasteiger partial charge in [-0.1, -0.05) is 12.1 Å². The molecular weight excluding hydrogens is 368 g/mol. The average Bonchev–Trinajstić information content (AvgIpc) is 2.71. The Kier molecular flexibility index (Phi) is 7.61. The molecule has 2 rings (SSSR count). The fourth-order valence-corrected chi connectivity index (χ4v) is 2.60. The zero-order chi connectivity index (χ0) is 20.5. The number of benzene rings is 1. The lowest BCUT2D eigenvalue weighted by atomic mass is 10.1. The second-order valence-corrected chi connectivity index (χ2v) is 6.06. The van der Waals surface area contributed by atoms with E-state index in [-0.39, 0.29) is 19.1 Å². The first-order valence-electron chi connectivity index (χ1n) is 8.89. The van der Waals surface area contributed by atoms with Crippen LogP contribution in [0.1, 0.15) is 22.8 Å². The molecule has 28 heavy (non-hydrogen) atoms. The lowest BCUT2D eigenvalue weighted by Gasteiger charge is -2.33. The third-order valence-corrected chi connectivity index (χ3v) is 4.14. The number of carbonyl (C=O) groups excluding carboxylic acids is 4. The first-order chi connectivity index (χ1) is 13.4. The van der Waals surface area contributed by atoms with Gasteiger partial charge in [0, 0.05) is 32.7 Å². The predicted molar refractivity (Wildman–Crippen MR) is 98.3 cm³/mol. The molecule has 1 aliphatic heterocycles. The summed E-state index contributed by atoms with van der Waals surface area (Å²) in [4.78, 5) is 49.7. The number of amides is 4. The maximum atomic E-state index is 12.2. The van der Waals surface area contributed by atoms with Crippen molar-refractivity contribution in [3.63, 3.8) is 0 Å². The molecule has 10 nitrogen and oxygen atoms in total. The number of rotatable bonds is 6. The molecule has 1 aromatic rings. The fourth-order valence-electron chi connectivity index (χ4n) is 2.60. The van der Waals surface area contributed by atoms with Crippen molar-refractivity contribution >= 4 is 24.0 Å². The van der Waals surface area contributed by atoms with Gasteiger partial charge in [0.15, 0.2) is 6.61 Å². The summed E-state index contributed by atoms with van der Waals surface area (Å²) in [6.45, 7) is 3.38. The molecule has 152 valence electrons. The first kappa shape index (κ1) is 21.0. The molecule has 0 bridgehead atoms. The molecule has 0 aliphatic carbocycles. The summed E-state index contributed by atoms with van der Waals surface area (Å²) >= 11 is 0. The van der Waals surface area contributed by atoms with Crippen LogP contribution in [0.15, 0.2) is 24.3 Å². The van der Waals surface area contributed by atoms with Crippen molar-refractivity contribution in [1.29, 1.82) is 0 Å². The molecule has 0 spiro atoms. The highest BCUT2D eigenvalue weighted by molar-refractivity contribution is 5.91. The minimum atomic E-state index is -0.634. The quantitative estimate of drug-likeness (QED) is 0.670. The number of nitrogens with one attached hydrogen (secondary N) is 1. The molecule has 0 unspecified atom stereocenters. The van der Waals surface area contributed by atoms with Gasteiger partial charge in [0.1, 0.15) is 0 Å².